The summed E-state index contributed by atoms with van der Waals surface area (Å²) in [5, 5.41) is 22.5. The van der Waals surface area contributed by atoms with Crippen molar-refractivity contribution in [1.29, 1.82) is 0 Å². The highest BCUT2D eigenvalue weighted by Crippen LogP contribution is 2.27. The van der Waals surface area contributed by atoms with Crippen LogP contribution in [0.4, 0.5) is 11.4 Å². The highest BCUT2D eigenvalue weighted by Gasteiger charge is 2.29. The van der Waals surface area contributed by atoms with Gasteiger partial charge in [-0.2, -0.15) is 0 Å². The Labute approximate surface area is 394 Å². The van der Waals surface area contributed by atoms with Crippen LogP contribution >= 0.6 is 0 Å². The fourth-order valence-corrected chi connectivity index (χ4v) is 8.87. The van der Waals surface area contributed by atoms with Gasteiger partial charge in [-0.25, -0.2) is 0 Å². The molecule has 0 saturated carbocycles. The molecule has 3 saturated heterocycles. The van der Waals surface area contributed by atoms with Crippen LogP contribution in [-0.2, 0) is 23.9 Å². The summed E-state index contributed by atoms with van der Waals surface area (Å²) in [7, 11) is 0. The fourth-order valence-electron chi connectivity index (χ4n) is 8.87. The molecule has 3 heterocycles. The molecule has 0 spiro atoms. The second-order valence-corrected chi connectivity index (χ2v) is 17.4. The Bertz CT molecular complexity index is 1920. The van der Waals surface area contributed by atoms with Gasteiger partial charge >= 0.3 is 5.97 Å². The molecule has 3 N–H and O–H groups in total. The van der Waals surface area contributed by atoms with Crippen LogP contribution in [0.3, 0.4) is 0 Å². The molecule has 5 unspecified atom stereocenters. The summed E-state index contributed by atoms with van der Waals surface area (Å²) < 4.78 is 10.9. The van der Waals surface area contributed by atoms with Crippen molar-refractivity contribution >= 4 is 29.2 Å². The number of benzene rings is 4. The molecule has 5 atom stereocenters. The summed E-state index contributed by atoms with van der Waals surface area (Å²) in [4.78, 5) is 45.8. The fraction of sp³-hybridized carbons (Fsp3) is 0.500. The molecule has 66 heavy (non-hydrogen) atoms. The number of hydrogen-bond donors (Lipinski definition) is 3. The van der Waals surface area contributed by atoms with Gasteiger partial charge < -0.3 is 29.3 Å². The largest absolute Gasteiger partial charge is 0.456 e. The summed E-state index contributed by atoms with van der Waals surface area (Å²) in [6, 6.07) is 39.7. The number of hydrogen-bond acceptors (Lipinski definition) is 10. The lowest BCUT2D eigenvalue weighted by Gasteiger charge is -2.37. The SMILES string of the molecule is CC1CCCO1.CCC(=O)N(CC1CCCN(CC(O)c2ccccc2)C1)c1ccccc1.CCC(=O)OC(CN1CCCC(CN(C(=O)CC)c2ccccc2)C1)c1ccccc1.OO. The molecule has 4 aromatic rings. The third-order valence-corrected chi connectivity index (χ3v) is 12.4. The normalized spacial score (nSPS) is 19.2. The van der Waals surface area contributed by atoms with Crippen molar-refractivity contribution in [3.8, 4) is 0 Å². The molecule has 4 aromatic carbocycles. The number of nitrogens with zero attached hydrogens (tertiary/aromatic N) is 4. The van der Waals surface area contributed by atoms with Crippen LogP contribution < -0.4 is 9.80 Å². The van der Waals surface area contributed by atoms with Crippen LogP contribution in [0.5, 0.6) is 0 Å². The highest BCUT2D eigenvalue weighted by atomic mass is 17.0. The van der Waals surface area contributed by atoms with Gasteiger partial charge in [-0.15, -0.1) is 0 Å². The van der Waals surface area contributed by atoms with Crippen LogP contribution in [-0.4, -0.2) is 108 Å². The Kier molecular flexibility index (Phi) is 24.7. The van der Waals surface area contributed by atoms with Gasteiger partial charge in [0, 0.05) is 76.5 Å². The third kappa shape index (κ3) is 18.4. The van der Waals surface area contributed by atoms with E-state index in [1.807, 2.05) is 152 Å². The number of β-amino-alcohol motifs (C(OH)–C–C–N with tert-alkyl or cyclic N) is 1. The Morgan fingerprint density at radius 1 is 0.621 bits per heavy atom. The maximum atomic E-state index is 12.6. The van der Waals surface area contributed by atoms with Crippen LogP contribution in [0, 0.1) is 11.8 Å². The van der Waals surface area contributed by atoms with E-state index in [9.17, 15) is 19.5 Å². The average Bonchev–Trinajstić information content (AvgIpc) is 3.87. The minimum Gasteiger partial charge on any atom is -0.456 e. The van der Waals surface area contributed by atoms with E-state index in [2.05, 4.69) is 16.7 Å². The van der Waals surface area contributed by atoms with Crippen molar-refractivity contribution in [3.63, 3.8) is 0 Å². The first-order valence-corrected chi connectivity index (χ1v) is 24.1. The first kappa shape index (κ1) is 53.7. The summed E-state index contributed by atoms with van der Waals surface area (Å²) in [6.07, 6.45) is 8.13. The molecule has 3 aliphatic heterocycles. The zero-order chi connectivity index (χ0) is 47.5. The molecule has 0 radical (unpaired) electrons. The van der Waals surface area contributed by atoms with Crippen molar-refractivity contribution in [3.05, 3.63) is 132 Å². The van der Waals surface area contributed by atoms with Crippen molar-refractivity contribution in [2.45, 2.75) is 104 Å². The summed E-state index contributed by atoms with van der Waals surface area (Å²) >= 11 is 0. The van der Waals surface area contributed by atoms with Crippen LogP contribution in [0.1, 0.15) is 109 Å². The summed E-state index contributed by atoms with van der Waals surface area (Å²) in [6.45, 7) is 15.4. The molecule has 2 amide bonds. The van der Waals surface area contributed by atoms with E-state index in [1.165, 1.54) is 12.8 Å². The summed E-state index contributed by atoms with van der Waals surface area (Å²) in [5.41, 5.74) is 3.93. The predicted octanol–water partition coefficient (Wildman–Crippen LogP) is 9.91. The van der Waals surface area contributed by atoms with Crippen LogP contribution in [0.2, 0.25) is 0 Å². The van der Waals surface area contributed by atoms with Gasteiger partial charge in [0.2, 0.25) is 11.8 Å². The second kappa shape index (κ2) is 30.4. The number of piperidine rings is 2. The van der Waals surface area contributed by atoms with Crippen LogP contribution in [0.15, 0.2) is 121 Å². The van der Waals surface area contributed by atoms with E-state index < -0.39 is 6.10 Å². The van der Waals surface area contributed by atoms with Gasteiger partial charge in [-0.05, 0) is 106 Å². The minimum atomic E-state index is -0.465. The molecule has 0 bridgehead atoms. The van der Waals surface area contributed by atoms with Gasteiger partial charge in [0.05, 0.1) is 12.2 Å². The third-order valence-electron chi connectivity index (χ3n) is 12.4. The van der Waals surface area contributed by atoms with Crippen LogP contribution in [0.25, 0.3) is 0 Å². The molecular formula is C54H76N4O8. The van der Waals surface area contributed by atoms with Gasteiger partial charge in [-0.3, -0.25) is 29.8 Å². The molecule has 0 aromatic heterocycles. The van der Waals surface area contributed by atoms with Gasteiger partial charge in [0.1, 0.15) is 6.10 Å². The van der Waals surface area contributed by atoms with Gasteiger partial charge in [0.15, 0.2) is 0 Å². The molecule has 360 valence electrons. The molecule has 0 aliphatic carbocycles. The smallest absolute Gasteiger partial charge is 0.306 e. The molecule has 12 nitrogen and oxygen atoms in total. The predicted molar refractivity (Wildman–Crippen MR) is 263 cm³/mol. The Balaban J connectivity index is 0.000000249. The number of amides is 2. The molecule has 7 rings (SSSR count). The number of para-hydroxylation sites is 2. The zero-order valence-electron chi connectivity index (χ0n) is 39.8. The first-order chi connectivity index (χ1) is 32.2. The number of anilines is 2. The minimum absolute atomic E-state index is 0.155. The Morgan fingerprint density at radius 3 is 1.45 bits per heavy atom. The number of likely N-dealkylation sites (tertiary alicyclic amines) is 2. The van der Waals surface area contributed by atoms with E-state index in [-0.39, 0.29) is 23.9 Å². The maximum Gasteiger partial charge on any atom is 0.306 e. The first-order valence-electron chi connectivity index (χ1n) is 24.1. The van der Waals surface area contributed by atoms with E-state index >= 15 is 0 Å². The van der Waals surface area contributed by atoms with E-state index in [0.717, 1.165) is 94.1 Å². The molecule has 3 aliphatic rings. The van der Waals surface area contributed by atoms with Crippen molar-refractivity contribution < 1.29 is 39.5 Å². The van der Waals surface area contributed by atoms with Crippen molar-refractivity contribution in [2.24, 2.45) is 11.8 Å². The van der Waals surface area contributed by atoms with E-state index in [4.69, 9.17) is 20.0 Å². The number of aliphatic hydroxyl groups is 1. The standard InChI is InChI=1S/C26H34N2O3.C23H30N2O2.C5H10O.H2O2/c1-3-25(29)28(23-15-9-6-10-16-23)19-21-12-11-17-27(18-21)20-24(31-26(30)4-2)22-13-7-5-8-14-22;1-2-23(27)25(21-13-7-4-8-14-21)17-19-10-9-15-24(16-19)18-22(26)20-11-5-3-6-12-20;1-5-3-2-4-6-5;1-2/h5-10,13-16,21,24H,3-4,11-12,17-20H2,1-2H3;3-8,11-14,19,22,26H,2,9-10,15-18H2,1H3;5H,2-4H2,1H3;1-2H. The molecular weight excluding hydrogens is 833 g/mol. The van der Waals surface area contributed by atoms with E-state index in [0.29, 0.717) is 50.3 Å². The monoisotopic (exact) mass is 909 g/mol. The molecule has 3 fully saturated rings. The number of esters is 1. The Hall–Kier alpha value is -4.95. The zero-order valence-corrected chi connectivity index (χ0v) is 39.8. The number of aliphatic hydroxyl groups excluding tert-OH is 1. The number of carbonyl (C=O) groups is 3. The maximum absolute atomic E-state index is 12.6. The van der Waals surface area contributed by atoms with E-state index in [1.54, 1.807) is 0 Å². The van der Waals surface area contributed by atoms with Crippen molar-refractivity contribution in [2.75, 3.05) is 68.8 Å². The second-order valence-electron chi connectivity index (χ2n) is 17.4. The van der Waals surface area contributed by atoms with Gasteiger partial charge in [-0.1, -0.05) is 118 Å². The lowest BCUT2D eigenvalue weighted by atomic mass is 9.96. The lowest BCUT2D eigenvalue weighted by molar-refractivity contribution is -0.176. The van der Waals surface area contributed by atoms with Crippen molar-refractivity contribution in [1.82, 2.24) is 9.80 Å². The Morgan fingerprint density at radius 2 is 1.06 bits per heavy atom. The van der Waals surface area contributed by atoms with Gasteiger partial charge in [0.25, 0.3) is 0 Å². The molecule has 12 heteroatoms. The quantitative estimate of drug-likeness (QED) is 0.0565. The number of carbonyl (C=O) groups excluding carboxylic acids is 3. The number of ether oxygens (including phenoxy) is 2. The average molecular weight is 909 g/mol. The highest BCUT2D eigenvalue weighted by molar-refractivity contribution is 5.93. The summed E-state index contributed by atoms with van der Waals surface area (Å²) in [5.74, 6) is 0.969. The topological polar surface area (TPSA) is 143 Å². The number of rotatable bonds is 16. The lowest BCUT2D eigenvalue weighted by Crippen LogP contribution is -2.44.